The van der Waals surface area contributed by atoms with E-state index >= 15 is 0 Å². The zero-order chi connectivity index (χ0) is 13.2. The van der Waals surface area contributed by atoms with Gasteiger partial charge >= 0.3 is 0 Å². The van der Waals surface area contributed by atoms with Gasteiger partial charge in [-0.1, -0.05) is 20.8 Å². The van der Waals surface area contributed by atoms with Crippen LogP contribution in [0.25, 0.3) is 0 Å². The van der Waals surface area contributed by atoms with Crippen LogP contribution >= 0.6 is 0 Å². The molecule has 106 valence electrons. The van der Waals surface area contributed by atoms with Gasteiger partial charge in [0.05, 0.1) is 0 Å². The Labute approximate surface area is 113 Å². The summed E-state index contributed by atoms with van der Waals surface area (Å²) in [6.45, 7) is 11.8. The van der Waals surface area contributed by atoms with Gasteiger partial charge in [0.1, 0.15) is 0 Å². The monoisotopic (exact) mass is 252 g/mol. The van der Waals surface area contributed by atoms with Crippen LogP contribution in [0, 0.1) is 23.2 Å². The van der Waals surface area contributed by atoms with E-state index in [0.717, 1.165) is 18.4 Å². The van der Waals surface area contributed by atoms with Crippen LogP contribution in [0.4, 0.5) is 0 Å². The van der Waals surface area contributed by atoms with Crippen LogP contribution in [-0.4, -0.2) is 31.1 Å². The lowest BCUT2D eigenvalue weighted by Crippen LogP contribution is -2.37. The third-order valence-electron chi connectivity index (χ3n) is 4.18. The van der Waals surface area contributed by atoms with Gasteiger partial charge in [-0.3, -0.25) is 0 Å². The highest BCUT2D eigenvalue weighted by Crippen LogP contribution is 2.34. The Bertz CT molecular complexity index is 234. The van der Waals surface area contributed by atoms with Gasteiger partial charge in [-0.25, -0.2) is 0 Å². The third kappa shape index (κ3) is 5.71. The van der Waals surface area contributed by atoms with Crippen molar-refractivity contribution in [2.45, 2.75) is 52.9 Å². The molecule has 2 N–H and O–H groups in total. The summed E-state index contributed by atoms with van der Waals surface area (Å²) < 4.78 is 0. The zero-order valence-corrected chi connectivity index (χ0v) is 12.6. The fourth-order valence-electron chi connectivity index (χ4n) is 3.01. The molecule has 1 atom stereocenters. The lowest BCUT2D eigenvalue weighted by molar-refractivity contribution is 0.183. The zero-order valence-electron chi connectivity index (χ0n) is 12.6. The molecular formula is C16H32N2. The van der Waals surface area contributed by atoms with Gasteiger partial charge in [0.2, 0.25) is 0 Å². The number of nitrogens with zero attached hydrogens (tertiary/aromatic N) is 1. The third-order valence-corrected chi connectivity index (χ3v) is 4.18. The molecule has 2 heteroatoms. The fourth-order valence-corrected chi connectivity index (χ4v) is 3.01. The van der Waals surface area contributed by atoms with Crippen LogP contribution < -0.4 is 5.73 Å². The van der Waals surface area contributed by atoms with Crippen molar-refractivity contribution in [3.63, 3.8) is 0 Å². The first kappa shape index (κ1) is 14.3. The minimum absolute atomic E-state index is 0.412. The summed E-state index contributed by atoms with van der Waals surface area (Å²) in [7, 11) is 0. The standard InChI is InChI=1S/C16H32N2/c1-16(2,3)8-15(9-17)12-18(10-13-4-5-13)11-14-6-7-14/h13-15H,4-12,17H2,1-3H3. The maximum Gasteiger partial charge on any atom is 0.00221 e. The van der Waals surface area contributed by atoms with E-state index in [0.29, 0.717) is 11.3 Å². The molecule has 2 saturated carbocycles. The van der Waals surface area contributed by atoms with Gasteiger partial charge in [0, 0.05) is 19.6 Å². The molecular weight excluding hydrogens is 220 g/mol. The largest absolute Gasteiger partial charge is 0.330 e. The fraction of sp³-hybridized carbons (Fsp3) is 1.00. The predicted molar refractivity (Wildman–Crippen MR) is 78.5 cm³/mol. The summed E-state index contributed by atoms with van der Waals surface area (Å²) in [5.74, 6) is 2.70. The van der Waals surface area contributed by atoms with Crippen molar-refractivity contribution in [2.75, 3.05) is 26.2 Å². The number of nitrogens with two attached hydrogens (primary N) is 1. The second kappa shape index (κ2) is 5.92. The Kier molecular flexibility index (Phi) is 4.71. The Balaban J connectivity index is 1.79. The SMILES string of the molecule is CC(C)(C)CC(CN)CN(CC1CC1)CC1CC1. The predicted octanol–water partition coefficient (Wildman–Crippen LogP) is 3.12. The maximum atomic E-state index is 5.99. The molecule has 2 rings (SSSR count). The molecule has 0 saturated heterocycles. The number of hydrogen-bond donors (Lipinski definition) is 1. The molecule has 18 heavy (non-hydrogen) atoms. The molecule has 0 aromatic heterocycles. The van der Waals surface area contributed by atoms with Crippen molar-refractivity contribution in [3.05, 3.63) is 0 Å². The Morgan fingerprint density at radius 3 is 1.89 bits per heavy atom. The summed E-state index contributed by atoms with van der Waals surface area (Å²) >= 11 is 0. The molecule has 2 fully saturated rings. The highest BCUT2D eigenvalue weighted by Gasteiger charge is 2.30. The lowest BCUT2D eigenvalue weighted by atomic mass is 9.84. The summed E-state index contributed by atoms with van der Waals surface area (Å²) in [4.78, 5) is 2.73. The van der Waals surface area contributed by atoms with E-state index in [2.05, 4.69) is 25.7 Å². The van der Waals surface area contributed by atoms with Crippen molar-refractivity contribution < 1.29 is 0 Å². The quantitative estimate of drug-likeness (QED) is 0.719. The highest BCUT2D eigenvalue weighted by atomic mass is 15.1. The first-order valence-electron chi connectivity index (χ1n) is 7.88. The van der Waals surface area contributed by atoms with E-state index in [1.165, 1.54) is 51.7 Å². The molecule has 0 aliphatic heterocycles. The highest BCUT2D eigenvalue weighted by molar-refractivity contribution is 4.84. The van der Waals surface area contributed by atoms with Crippen LogP contribution in [0.1, 0.15) is 52.9 Å². The van der Waals surface area contributed by atoms with E-state index < -0.39 is 0 Å². The summed E-state index contributed by atoms with van der Waals surface area (Å²) in [5, 5.41) is 0. The van der Waals surface area contributed by atoms with Crippen LogP contribution in [0.2, 0.25) is 0 Å². The van der Waals surface area contributed by atoms with Crippen LogP contribution in [0.3, 0.4) is 0 Å². The Hall–Kier alpha value is -0.0800. The van der Waals surface area contributed by atoms with Gasteiger partial charge in [0.15, 0.2) is 0 Å². The second-order valence-corrected chi connectivity index (χ2v) is 7.97. The molecule has 0 amide bonds. The van der Waals surface area contributed by atoms with Crippen molar-refractivity contribution in [1.29, 1.82) is 0 Å². The van der Waals surface area contributed by atoms with Crippen molar-refractivity contribution >= 4 is 0 Å². The summed E-state index contributed by atoms with van der Waals surface area (Å²) in [6, 6.07) is 0. The number of rotatable bonds is 8. The van der Waals surface area contributed by atoms with Gasteiger partial charge in [-0.15, -0.1) is 0 Å². The topological polar surface area (TPSA) is 29.3 Å². The first-order chi connectivity index (χ1) is 8.46. The Morgan fingerprint density at radius 2 is 1.56 bits per heavy atom. The van der Waals surface area contributed by atoms with E-state index in [1.807, 2.05) is 0 Å². The summed E-state index contributed by atoms with van der Waals surface area (Å²) in [5.41, 5.74) is 6.41. The molecule has 0 radical (unpaired) electrons. The van der Waals surface area contributed by atoms with Crippen LogP contribution in [0.5, 0.6) is 0 Å². The molecule has 2 aliphatic rings. The molecule has 0 bridgehead atoms. The van der Waals surface area contributed by atoms with Crippen LogP contribution in [0.15, 0.2) is 0 Å². The minimum Gasteiger partial charge on any atom is -0.330 e. The van der Waals surface area contributed by atoms with Gasteiger partial charge < -0.3 is 10.6 Å². The van der Waals surface area contributed by atoms with Gasteiger partial charge in [-0.05, 0) is 61.8 Å². The summed E-state index contributed by atoms with van der Waals surface area (Å²) in [6.07, 6.45) is 7.12. The average molecular weight is 252 g/mol. The second-order valence-electron chi connectivity index (χ2n) is 7.97. The Morgan fingerprint density at radius 1 is 1.06 bits per heavy atom. The average Bonchev–Trinajstić information content (AvgIpc) is 3.10. The molecule has 0 heterocycles. The molecule has 0 spiro atoms. The first-order valence-corrected chi connectivity index (χ1v) is 7.88. The van der Waals surface area contributed by atoms with Crippen molar-refractivity contribution in [1.82, 2.24) is 4.90 Å². The minimum atomic E-state index is 0.412. The lowest BCUT2D eigenvalue weighted by Gasteiger charge is -2.31. The van der Waals surface area contributed by atoms with E-state index in [-0.39, 0.29) is 0 Å². The normalized spacial score (nSPS) is 22.5. The van der Waals surface area contributed by atoms with Gasteiger partial charge in [0.25, 0.3) is 0 Å². The number of hydrogen-bond acceptors (Lipinski definition) is 2. The van der Waals surface area contributed by atoms with E-state index in [4.69, 9.17) is 5.73 Å². The van der Waals surface area contributed by atoms with E-state index in [1.54, 1.807) is 0 Å². The van der Waals surface area contributed by atoms with Crippen molar-refractivity contribution in [2.24, 2.45) is 28.9 Å². The molecule has 0 aromatic rings. The van der Waals surface area contributed by atoms with Crippen LogP contribution in [-0.2, 0) is 0 Å². The maximum absolute atomic E-state index is 5.99. The smallest absolute Gasteiger partial charge is 0.00221 e. The molecule has 2 aliphatic carbocycles. The molecule has 2 nitrogen and oxygen atoms in total. The molecule has 0 aromatic carbocycles. The van der Waals surface area contributed by atoms with E-state index in [9.17, 15) is 0 Å². The molecule has 1 unspecified atom stereocenters. The van der Waals surface area contributed by atoms with Crippen molar-refractivity contribution in [3.8, 4) is 0 Å². The van der Waals surface area contributed by atoms with Gasteiger partial charge in [-0.2, -0.15) is 0 Å².